The van der Waals surface area contributed by atoms with Crippen molar-refractivity contribution < 1.29 is 9.53 Å². The Hall–Kier alpha value is -2.56. The van der Waals surface area contributed by atoms with Gasteiger partial charge < -0.3 is 10.1 Å². The molecule has 2 rings (SSSR count). The lowest BCUT2D eigenvalue weighted by Crippen LogP contribution is -2.23. The van der Waals surface area contributed by atoms with E-state index in [1.807, 2.05) is 41.2 Å². The SMILES string of the molecule is COc1ccc(/C=C/C(=O)NCCCn2cccn2)cc1. The van der Waals surface area contributed by atoms with Gasteiger partial charge in [0.1, 0.15) is 5.75 Å². The first-order valence-corrected chi connectivity index (χ1v) is 6.85. The van der Waals surface area contributed by atoms with Gasteiger partial charge in [-0.25, -0.2) is 0 Å². The Kier molecular flexibility index (Phi) is 5.58. The molecule has 21 heavy (non-hydrogen) atoms. The van der Waals surface area contributed by atoms with E-state index in [1.54, 1.807) is 19.4 Å². The molecule has 1 aromatic carbocycles. The molecule has 0 bridgehead atoms. The minimum atomic E-state index is -0.0914. The van der Waals surface area contributed by atoms with Gasteiger partial charge >= 0.3 is 0 Å². The van der Waals surface area contributed by atoms with Gasteiger partial charge in [0, 0.05) is 31.6 Å². The number of hydrogen-bond donors (Lipinski definition) is 1. The van der Waals surface area contributed by atoms with Gasteiger partial charge in [-0.3, -0.25) is 9.48 Å². The number of benzene rings is 1. The minimum Gasteiger partial charge on any atom is -0.497 e. The number of ether oxygens (including phenoxy) is 1. The first-order chi connectivity index (χ1) is 10.3. The molecule has 1 N–H and O–H groups in total. The third-order valence-corrected chi connectivity index (χ3v) is 2.97. The molecule has 0 aliphatic rings. The normalized spacial score (nSPS) is 10.7. The van der Waals surface area contributed by atoms with Gasteiger partial charge in [-0.1, -0.05) is 12.1 Å². The topological polar surface area (TPSA) is 56.1 Å². The van der Waals surface area contributed by atoms with E-state index in [9.17, 15) is 4.79 Å². The summed E-state index contributed by atoms with van der Waals surface area (Å²) in [6.45, 7) is 1.43. The average molecular weight is 285 g/mol. The van der Waals surface area contributed by atoms with E-state index in [1.165, 1.54) is 6.08 Å². The second-order valence-electron chi connectivity index (χ2n) is 4.52. The second kappa shape index (κ2) is 7.89. The molecule has 0 unspecified atom stereocenters. The van der Waals surface area contributed by atoms with Crippen LogP contribution in [0.25, 0.3) is 6.08 Å². The fraction of sp³-hybridized carbons (Fsp3) is 0.250. The summed E-state index contributed by atoms with van der Waals surface area (Å²) < 4.78 is 6.93. The summed E-state index contributed by atoms with van der Waals surface area (Å²) in [7, 11) is 1.63. The summed E-state index contributed by atoms with van der Waals surface area (Å²) in [5.74, 6) is 0.710. The molecule has 0 saturated heterocycles. The number of amides is 1. The van der Waals surface area contributed by atoms with Crippen molar-refractivity contribution in [2.75, 3.05) is 13.7 Å². The van der Waals surface area contributed by atoms with Crippen LogP contribution < -0.4 is 10.1 Å². The number of nitrogens with zero attached hydrogens (tertiary/aromatic N) is 2. The van der Waals surface area contributed by atoms with Crippen LogP contribution in [0.15, 0.2) is 48.8 Å². The molecule has 0 saturated carbocycles. The van der Waals surface area contributed by atoms with Crippen molar-refractivity contribution in [1.82, 2.24) is 15.1 Å². The van der Waals surface area contributed by atoms with Crippen molar-refractivity contribution in [3.63, 3.8) is 0 Å². The van der Waals surface area contributed by atoms with Gasteiger partial charge in [0.25, 0.3) is 0 Å². The summed E-state index contributed by atoms with van der Waals surface area (Å²) >= 11 is 0. The summed E-state index contributed by atoms with van der Waals surface area (Å²) in [4.78, 5) is 11.7. The van der Waals surface area contributed by atoms with Crippen molar-refractivity contribution in [2.45, 2.75) is 13.0 Å². The van der Waals surface area contributed by atoms with Crippen molar-refractivity contribution in [3.05, 3.63) is 54.4 Å². The molecule has 1 aromatic heterocycles. The fourth-order valence-electron chi connectivity index (χ4n) is 1.83. The van der Waals surface area contributed by atoms with E-state index < -0.39 is 0 Å². The molecule has 0 aliphatic carbocycles. The van der Waals surface area contributed by atoms with Crippen molar-refractivity contribution in [3.8, 4) is 5.75 Å². The number of carbonyl (C=O) groups excluding carboxylic acids is 1. The second-order valence-corrected chi connectivity index (χ2v) is 4.52. The first kappa shape index (κ1) is 14.8. The molecule has 1 amide bonds. The molecule has 0 aliphatic heterocycles. The van der Waals surface area contributed by atoms with Crippen LogP contribution >= 0.6 is 0 Å². The molecular formula is C16H19N3O2. The summed E-state index contributed by atoms with van der Waals surface area (Å²) in [5, 5.41) is 6.95. The summed E-state index contributed by atoms with van der Waals surface area (Å²) in [5.41, 5.74) is 0.961. The molecule has 0 fully saturated rings. The van der Waals surface area contributed by atoms with Gasteiger partial charge in [-0.15, -0.1) is 0 Å². The Morgan fingerprint density at radius 3 is 2.86 bits per heavy atom. The maximum atomic E-state index is 11.7. The first-order valence-electron chi connectivity index (χ1n) is 6.85. The maximum absolute atomic E-state index is 11.7. The summed E-state index contributed by atoms with van der Waals surface area (Å²) in [6.07, 6.45) is 7.82. The zero-order valence-corrected chi connectivity index (χ0v) is 12.0. The molecule has 0 atom stereocenters. The van der Waals surface area contributed by atoms with Gasteiger partial charge in [-0.05, 0) is 36.3 Å². The number of aromatic nitrogens is 2. The van der Waals surface area contributed by atoms with Crippen LogP contribution in [0.4, 0.5) is 0 Å². The van der Waals surface area contributed by atoms with Crippen LogP contribution in [0.5, 0.6) is 5.75 Å². The highest BCUT2D eigenvalue weighted by atomic mass is 16.5. The molecule has 1 heterocycles. The molecule has 110 valence electrons. The van der Waals surface area contributed by atoms with Crippen LogP contribution in [-0.4, -0.2) is 29.3 Å². The van der Waals surface area contributed by atoms with Gasteiger partial charge in [0.05, 0.1) is 7.11 Å². The highest BCUT2D eigenvalue weighted by molar-refractivity contribution is 5.91. The lowest BCUT2D eigenvalue weighted by Gasteiger charge is -2.03. The smallest absolute Gasteiger partial charge is 0.244 e. The molecule has 2 aromatic rings. The number of methoxy groups -OCH3 is 1. The van der Waals surface area contributed by atoms with Gasteiger partial charge in [-0.2, -0.15) is 5.10 Å². The third kappa shape index (κ3) is 5.14. The van der Waals surface area contributed by atoms with Crippen LogP contribution in [0.1, 0.15) is 12.0 Å². The quantitative estimate of drug-likeness (QED) is 0.626. The molecule has 0 radical (unpaired) electrons. The number of carbonyl (C=O) groups is 1. The molecule has 5 nitrogen and oxygen atoms in total. The predicted octanol–water partition coefficient (Wildman–Crippen LogP) is 2.11. The number of nitrogens with one attached hydrogen (secondary N) is 1. The van der Waals surface area contributed by atoms with Crippen LogP contribution in [0, 0.1) is 0 Å². The molecular weight excluding hydrogens is 266 g/mol. The van der Waals surface area contributed by atoms with E-state index in [0.717, 1.165) is 24.3 Å². The predicted molar refractivity (Wildman–Crippen MR) is 81.9 cm³/mol. The van der Waals surface area contributed by atoms with E-state index in [-0.39, 0.29) is 5.91 Å². The van der Waals surface area contributed by atoms with E-state index in [2.05, 4.69) is 10.4 Å². The Bertz CT molecular complexity index is 574. The summed E-state index contributed by atoms with van der Waals surface area (Å²) in [6, 6.07) is 9.42. The number of aryl methyl sites for hydroxylation is 1. The lowest BCUT2D eigenvalue weighted by molar-refractivity contribution is -0.116. The number of rotatable bonds is 7. The Morgan fingerprint density at radius 2 is 2.19 bits per heavy atom. The third-order valence-electron chi connectivity index (χ3n) is 2.97. The average Bonchev–Trinajstić information content (AvgIpc) is 3.03. The van der Waals surface area contributed by atoms with Crippen molar-refractivity contribution in [2.24, 2.45) is 0 Å². The highest BCUT2D eigenvalue weighted by Crippen LogP contribution is 2.12. The van der Waals surface area contributed by atoms with Crippen LogP contribution in [-0.2, 0) is 11.3 Å². The monoisotopic (exact) mass is 285 g/mol. The van der Waals surface area contributed by atoms with E-state index in [0.29, 0.717) is 6.54 Å². The largest absolute Gasteiger partial charge is 0.497 e. The highest BCUT2D eigenvalue weighted by Gasteiger charge is 1.96. The van der Waals surface area contributed by atoms with E-state index >= 15 is 0 Å². The lowest BCUT2D eigenvalue weighted by atomic mass is 10.2. The zero-order chi connectivity index (χ0) is 14.9. The molecule has 5 heteroatoms. The van der Waals surface area contributed by atoms with E-state index in [4.69, 9.17) is 4.74 Å². The Labute approximate surface area is 124 Å². The van der Waals surface area contributed by atoms with Gasteiger partial charge in [0.2, 0.25) is 5.91 Å². The van der Waals surface area contributed by atoms with Crippen molar-refractivity contribution >= 4 is 12.0 Å². The maximum Gasteiger partial charge on any atom is 0.244 e. The number of hydrogen-bond acceptors (Lipinski definition) is 3. The fourth-order valence-corrected chi connectivity index (χ4v) is 1.83. The van der Waals surface area contributed by atoms with Crippen molar-refractivity contribution in [1.29, 1.82) is 0 Å². The Balaban J connectivity index is 1.69. The molecule has 0 spiro atoms. The van der Waals surface area contributed by atoms with Crippen LogP contribution in [0.2, 0.25) is 0 Å². The minimum absolute atomic E-state index is 0.0914. The Morgan fingerprint density at radius 1 is 1.38 bits per heavy atom. The van der Waals surface area contributed by atoms with Crippen LogP contribution in [0.3, 0.4) is 0 Å². The zero-order valence-electron chi connectivity index (χ0n) is 12.0. The standard InChI is InChI=1S/C16H19N3O2/c1-21-15-7-4-14(5-8-15)6-9-16(20)17-10-2-12-19-13-3-11-18-19/h3-9,11,13H,2,10,12H2,1H3,(H,17,20)/b9-6+. The van der Waals surface area contributed by atoms with Gasteiger partial charge in [0.15, 0.2) is 0 Å².